The zero-order chi connectivity index (χ0) is 15.0. The number of halogens is 1. The van der Waals surface area contributed by atoms with Gasteiger partial charge in [-0.2, -0.15) is 0 Å². The summed E-state index contributed by atoms with van der Waals surface area (Å²) in [7, 11) is 0. The van der Waals surface area contributed by atoms with Gasteiger partial charge in [-0.25, -0.2) is 4.79 Å². The average molecular weight is 301 g/mol. The van der Waals surface area contributed by atoms with Crippen LogP contribution < -0.4 is 0 Å². The molecule has 21 heavy (non-hydrogen) atoms. The average Bonchev–Trinajstić information content (AvgIpc) is 2.90. The van der Waals surface area contributed by atoms with Crippen LogP contribution in [0.4, 0.5) is 0 Å². The summed E-state index contributed by atoms with van der Waals surface area (Å²) in [5, 5.41) is 10.1. The maximum atomic E-state index is 12.3. The molecule has 0 aliphatic rings. The number of carbonyl (C=O) groups is 2. The van der Waals surface area contributed by atoms with E-state index in [0.717, 1.165) is 0 Å². The van der Waals surface area contributed by atoms with E-state index in [4.69, 9.17) is 21.1 Å². The molecule has 4 nitrogen and oxygen atoms in total. The smallest absolute Gasteiger partial charge is 0.335 e. The molecular formula is C16H9ClO4. The Hall–Kier alpha value is -2.59. The molecule has 0 aliphatic heterocycles. The topological polar surface area (TPSA) is 67.5 Å². The van der Waals surface area contributed by atoms with Crippen LogP contribution in [0.3, 0.4) is 0 Å². The molecule has 2 aromatic carbocycles. The van der Waals surface area contributed by atoms with E-state index >= 15 is 0 Å². The molecule has 0 radical (unpaired) electrons. The van der Waals surface area contributed by atoms with E-state index < -0.39 is 5.97 Å². The van der Waals surface area contributed by atoms with Crippen molar-refractivity contribution in [3.8, 4) is 0 Å². The quantitative estimate of drug-likeness (QED) is 0.742. The molecule has 0 bridgehead atoms. The second-order valence-corrected chi connectivity index (χ2v) is 4.94. The lowest BCUT2D eigenvalue weighted by atomic mass is 10.1. The van der Waals surface area contributed by atoms with Crippen LogP contribution in [0.15, 0.2) is 52.9 Å². The van der Waals surface area contributed by atoms with Crippen molar-refractivity contribution >= 4 is 34.3 Å². The lowest BCUT2D eigenvalue weighted by Crippen LogP contribution is -1.98. The third-order valence-corrected chi connectivity index (χ3v) is 3.35. The Bertz CT molecular complexity index is 846. The lowest BCUT2D eigenvalue weighted by Gasteiger charge is -1.97. The van der Waals surface area contributed by atoms with Crippen LogP contribution in [-0.2, 0) is 0 Å². The van der Waals surface area contributed by atoms with E-state index in [1.54, 1.807) is 30.3 Å². The molecule has 0 saturated carbocycles. The maximum absolute atomic E-state index is 12.3. The molecular weight excluding hydrogens is 292 g/mol. The number of carboxylic acid groups (broad SMARTS) is 1. The molecule has 0 spiro atoms. The van der Waals surface area contributed by atoms with Crippen molar-refractivity contribution in [2.24, 2.45) is 0 Å². The van der Waals surface area contributed by atoms with Gasteiger partial charge in [0.05, 0.1) is 5.56 Å². The molecule has 0 aliphatic carbocycles. The number of rotatable bonds is 3. The van der Waals surface area contributed by atoms with E-state index in [2.05, 4.69) is 0 Å². The zero-order valence-corrected chi connectivity index (χ0v) is 11.4. The van der Waals surface area contributed by atoms with E-state index in [0.29, 0.717) is 21.6 Å². The molecule has 3 aromatic rings. The largest absolute Gasteiger partial charge is 0.478 e. The summed E-state index contributed by atoms with van der Waals surface area (Å²) in [5.41, 5.74) is 1.07. The van der Waals surface area contributed by atoms with Crippen molar-refractivity contribution in [1.29, 1.82) is 0 Å². The normalized spacial score (nSPS) is 10.7. The molecule has 0 amide bonds. The van der Waals surface area contributed by atoms with Crippen LogP contribution in [-0.4, -0.2) is 16.9 Å². The number of fused-ring (bicyclic) bond motifs is 1. The first-order valence-corrected chi connectivity index (χ1v) is 6.49. The SMILES string of the molecule is O=C(O)c1ccc2oc(C(=O)c3ccc(Cl)cc3)cc2c1. The fourth-order valence-electron chi connectivity index (χ4n) is 2.03. The Kier molecular flexibility index (Phi) is 3.23. The van der Waals surface area contributed by atoms with E-state index in [1.165, 1.54) is 18.2 Å². The first-order valence-electron chi connectivity index (χ1n) is 6.12. The molecule has 1 N–H and O–H groups in total. The van der Waals surface area contributed by atoms with Crippen molar-refractivity contribution in [1.82, 2.24) is 0 Å². The van der Waals surface area contributed by atoms with Crippen LogP contribution in [0.1, 0.15) is 26.5 Å². The van der Waals surface area contributed by atoms with Crippen LogP contribution in [0.25, 0.3) is 11.0 Å². The minimum atomic E-state index is -1.02. The van der Waals surface area contributed by atoms with Gasteiger partial charge in [-0.3, -0.25) is 4.79 Å². The Balaban J connectivity index is 2.02. The summed E-state index contributed by atoms with van der Waals surface area (Å²) in [6.07, 6.45) is 0. The second-order valence-electron chi connectivity index (χ2n) is 4.50. The van der Waals surface area contributed by atoms with Gasteiger partial charge in [0.2, 0.25) is 5.78 Å². The van der Waals surface area contributed by atoms with Gasteiger partial charge in [-0.15, -0.1) is 0 Å². The van der Waals surface area contributed by atoms with Gasteiger partial charge in [-0.1, -0.05) is 11.6 Å². The van der Waals surface area contributed by atoms with Crippen molar-refractivity contribution < 1.29 is 19.1 Å². The van der Waals surface area contributed by atoms with E-state index in [9.17, 15) is 9.59 Å². The molecule has 3 rings (SSSR count). The number of carboxylic acids is 1. The van der Waals surface area contributed by atoms with Crippen LogP contribution >= 0.6 is 11.6 Å². The fraction of sp³-hybridized carbons (Fsp3) is 0. The van der Waals surface area contributed by atoms with Crippen molar-refractivity contribution in [2.45, 2.75) is 0 Å². The highest BCUT2D eigenvalue weighted by atomic mass is 35.5. The summed E-state index contributed by atoms with van der Waals surface area (Å²) in [5.74, 6) is -1.14. The molecule has 0 fully saturated rings. The Morgan fingerprint density at radius 3 is 2.29 bits per heavy atom. The molecule has 5 heteroatoms. The van der Waals surface area contributed by atoms with E-state index in [-0.39, 0.29) is 17.1 Å². The molecule has 1 aromatic heterocycles. The number of carbonyl (C=O) groups excluding carboxylic acids is 1. The molecule has 0 unspecified atom stereocenters. The van der Waals surface area contributed by atoms with Gasteiger partial charge < -0.3 is 9.52 Å². The Labute approximate surface area is 124 Å². The number of furan rings is 1. The predicted molar refractivity (Wildman–Crippen MR) is 78.1 cm³/mol. The third kappa shape index (κ3) is 2.53. The third-order valence-electron chi connectivity index (χ3n) is 3.09. The minimum absolute atomic E-state index is 0.147. The van der Waals surface area contributed by atoms with Gasteiger partial charge in [0.1, 0.15) is 5.58 Å². The summed E-state index contributed by atoms with van der Waals surface area (Å²) in [6.45, 7) is 0. The minimum Gasteiger partial charge on any atom is -0.478 e. The van der Waals surface area contributed by atoms with Gasteiger partial charge in [0.15, 0.2) is 5.76 Å². The maximum Gasteiger partial charge on any atom is 0.335 e. The summed E-state index contributed by atoms with van der Waals surface area (Å²) in [4.78, 5) is 23.2. The molecule has 0 atom stereocenters. The first-order chi connectivity index (χ1) is 10.0. The highest BCUT2D eigenvalue weighted by Gasteiger charge is 2.15. The van der Waals surface area contributed by atoms with Gasteiger partial charge in [-0.05, 0) is 48.5 Å². The number of hydrogen-bond donors (Lipinski definition) is 1. The highest BCUT2D eigenvalue weighted by Crippen LogP contribution is 2.23. The first kappa shape index (κ1) is 13.4. The zero-order valence-electron chi connectivity index (χ0n) is 10.7. The Morgan fingerprint density at radius 2 is 1.62 bits per heavy atom. The molecule has 104 valence electrons. The number of ketones is 1. The number of hydrogen-bond acceptors (Lipinski definition) is 3. The van der Waals surface area contributed by atoms with Crippen molar-refractivity contribution in [3.63, 3.8) is 0 Å². The predicted octanol–water partition coefficient (Wildman–Crippen LogP) is 4.02. The highest BCUT2D eigenvalue weighted by molar-refractivity contribution is 6.30. The molecule has 0 saturated heterocycles. The second kappa shape index (κ2) is 5.07. The lowest BCUT2D eigenvalue weighted by molar-refractivity contribution is 0.0697. The summed E-state index contributed by atoms with van der Waals surface area (Å²) in [6, 6.07) is 12.5. The monoisotopic (exact) mass is 300 g/mol. The van der Waals surface area contributed by atoms with Crippen LogP contribution in [0, 0.1) is 0 Å². The van der Waals surface area contributed by atoms with Gasteiger partial charge >= 0.3 is 5.97 Å². The van der Waals surface area contributed by atoms with Crippen molar-refractivity contribution in [3.05, 3.63) is 70.4 Å². The van der Waals surface area contributed by atoms with Crippen LogP contribution in [0.2, 0.25) is 5.02 Å². The summed E-state index contributed by atoms with van der Waals surface area (Å²) < 4.78 is 5.47. The fourth-order valence-corrected chi connectivity index (χ4v) is 2.16. The Morgan fingerprint density at radius 1 is 0.952 bits per heavy atom. The van der Waals surface area contributed by atoms with Gasteiger partial charge in [0.25, 0.3) is 0 Å². The van der Waals surface area contributed by atoms with Crippen LogP contribution in [0.5, 0.6) is 0 Å². The number of aromatic carboxylic acids is 1. The standard InChI is InChI=1S/C16H9ClO4/c17-12-4-1-9(2-5-12)15(18)14-8-11-7-10(16(19)20)3-6-13(11)21-14/h1-8H,(H,19,20). The van der Waals surface area contributed by atoms with Crippen molar-refractivity contribution in [2.75, 3.05) is 0 Å². The van der Waals surface area contributed by atoms with E-state index in [1.807, 2.05) is 0 Å². The number of benzene rings is 2. The molecule has 1 heterocycles. The summed E-state index contributed by atoms with van der Waals surface area (Å²) >= 11 is 5.78. The van der Waals surface area contributed by atoms with Gasteiger partial charge in [0, 0.05) is 16.0 Å².